The first kappa shape index (κ1) is 12.7. The van der Waals surface area contributed by atoms with E-state index in [-0.39, 0.29) is 5.92 Å². The Hall–Kier alpha value is -0.800. The number of hydrogen-bond donors (Lipinski definition) is 0. The Balaban J connectivity index is 2.12. The van der Waals surface area contributed by atoms with Crippen LogP contribution in [-0.2, 0) is 6.42 Å². The summed E-state index contributed by atoms with van der Waals surface area (Å²) in [6.07, 6.45) is 3.94. The van der Waals surface area contributed by atoms with Gasteiger partial charge in [0.15, 0.2) is 5.78 Å². The van der Waals surface area contributed by atoms with Gasteiger partial charge in [0, 0.05) is 16.4 Å². The summed E-state index contributed by atoms with van der Waals surface area (Å²) >= 11 is 1.70. The van der Waals surface area contributed by atoms with Crippen molar-refractivity contribution in [2.45, 2.75) is 17.7 Å². The van der Waals surface area contributed by atoms with E-state index in [2.05, 4.69) is 37.2 Å². The van der Waals surface area contributed by atoms with E-state index in [9.17, 15) is 4.79 Å². The Bertz CT molecular complexity index is 428. The number of carbonyl (C=O) groups is 1. The van der Waals surface area contributed by atoms with Crippen LogP contribution >= 0.6 is 11.8 Å². The first-order valence-corrected chi connectivity index (χ1v) is 7.20. The fourth-order valence-electron chi connectivity index (χ4n) is 2.32. The van der Waals surface area contributed by atoms with Gasteiger partial charge in [0.25, 0.3) is 0 Å². The maximum atomic E-state index is 12.2. The third-order valence-electron chi connectivity index (χ3n) is 3.34. The van der Waals surface area contributed by atoms with E-state index < -0.39 is 0 Å². The van der Waals surface area contributed by atoms with Crippen molar-refractivity contribution >= 4 is 17.5 Å². The molecule has 0 saturated carbocycles. The molecule has 0 amide bonds. The van der Waals surface area contributed by atoms with Crippen molar-refractivity contribution in [2.24, 2.45) is 5.92 Å². The second-order valence-electron chi connectivity index (χ2n) is 4.88. The number of Topliss-reactive ketones (excluding diaryl/α,β-unsaturated/α-hetero) is 1. The fraction of sp³-hybridized carbons (Fsp3) is 0.500. The van der Waals surface area contributed by atoms with Gasteiger partial charge < -0.3 is 4.90 Å². The Labute approximate surface area is 107 Å². The molecule has 0 radical (unpaired) electrons. The van der Waals surface area contributed by atoms with E-state index in [0.29, 0.717) is 5.78 Å². The Kier molecular flexibility index (Phi) is 3.89. The van der Waals surface area contributed by atoms with Crippen molar-refractivity contribution in [1.82, 2.24) is 4.90 Å². The molecule has 0 bridgehead atoms. The lowest BCUT2D eigenvalue weighted by Crippen LogP contribution is -2.19. The van der Waals surface area contributed by atoms with Gasteiger partial charge in [-0.2, -0.15) is 0 Å². The number of thioether (sulfide) groups is 1. The molecule has 0 N–H and O–H groups in total. The summed E-state index contributed by atoms with van der Waals surface area (Å²) in [5.74, 6) is 0.544. The van der Waals surface area contributed by atoms with E-state index in [4.69, 9.17) is 0 Å². The topological polar surface area (TPSA) is 20.3 Å². The zero-order valence-electron chi connectivity index (χ0n) is 10.7. The van der Waals surface area contributed by atoms with E-state index in [1.807, 2.05) is 6.26 Å². The lowest BCUT2D eigenvalue weighted by atomic mass is 10.0. The van der Waals surface area contributed by atoms with Gasteiger partial charge in [0.1, 0.15) is 0 Å². The molecular weight excluding hydrogens is 230 g/mol. The average Bonchev–Trinajstić information content (AvgIpc) is 2.63. The molecule has 0 aromatic heterocycles. The number of benzene rings is 1. The van der Waals surface area contributed by atoms with Gasteiger partial charge in [-0.05, 0) is 57.4 Å². The van der Waals surface area contributed by atoms with Crippen LogP contribution in [0.2, 0.25) is 0 Å². The summed E-state index contributed by atoms with van der Waals surface area (Å²) < 4.78 is 0. The molecule has 0 fully saturated rings. The van der Waals surface area contributed by atoms with E-state index >= 15 is 0 Å². The van der Waals surface area contributed by atoms with Crippen molar-refractivity contribution in [1.29, 1.82) is 0 Å². The molecule has 17 heavy (non-hydrogen) atoms. The van der Waals surface area contributed by atoms with Crippen LogP contribution in [0.4, 0.5) is 0 Å². The number of ketones is 1. The first-order chi connectivity index (χ1) is 8.11. The fourth-order valence-corrected chi connectivity index (χ4v) is 2.76. The van der Waals surface area contributed by atoms with Crippen LogP contribution < -0.4 is 0 Å². The summed E-state index contributed by atoms with van der Waals surface area (Å²) in [5.41, 5.74) is 2.19. The van der Waals surface area contributed by atoms with Crippen LogP contribution in [0.1, 0.15) is 22.3 Å². The molecule has 2 nitrogen and oxygen atoms in total. The van der Waals surface area contributed by atoms with Crippen LogP contribution in [0.5, 0.6) is 0 Å². The zero-order valence-corrected chi connectivity index (χ0v) is 11.5. The standard InChI is InChI=1S/C14H19NOS/c1-15(2)7-6-11-8-10-4-5-12(17-3)9-13(10)14(11)16/h4-5,9,11H,6-8H2,1-3H3/t11-/m0/s1. The largest absolute Gasteiger partial charge is 0.309 e. The maximum absolute atomic E-state index is 12.2. The summed E-state index contributed by atoms with van der Waals surface area (Å²) in [6.45, 7) is 0.986. The normalized spacial score (nSPS) is 18.8. The lowest BCUT2D eigenvalue weighted by Gasteiger charge is -2.12. The van der Waals surface area contributed by atoms with Crippen LogP contribution in [0, 0.1) is 5.92 Å². The Morgan fingerprint density at radius 1 is 1.41 bits per heavy atom. The molecule has 1 aliphatic carbocycles. The average molecular weight is 249 g/mol. The monoisotopic (exact) mass is 249 g/mol. The lowest BCUT2D eigenvalue weighted by molar-refractivity contribution is 0.0925. The highest BCUT2D eigenvalue weighted by molar-refractivity contribution is 7.98. The highest BCUT2D eigenvalue weighted by Gasteiger charge is 2.30. The third kappa shape index (κ3) is 2.72. The molecule has 1 aromatic carbocycles. The van der Waals surface area contributed by atoms with Crippen LogP contribution in [-0.4, -0.2) is 37.6 Å². The van der Waals surface area contributed by atoms with Gasteiger partial charge in [-0.1, -0.05) is 6.07 Å². The zero-order chi connectivity index (χ0) is 12.4. The molecular formula is C14H19NOS. The number of nitrogens with zero attached hydrogens (tertiary/aromatic N) is 1. The van der Waals surface area contributed by atoms with Gasteiger partial charge in [-0.25, -0.2) is 0 Å². The number of rotatable bonds is 4. The maximum Gasteiger partial charge on any atom is 0.166 e. The molecule has 92 valence electrons. The minimum absolute atomic E-state index is 0.199. The van der Waals surface area contributed by atoms with Gasteiger partial charge in [0.05, 0.1) is 0 Å². The number of hydrogen-bond acceptors (Lipinski definition) is 3. The molecule has 0 spiro atoms. The van der Waals surface area contributed by atoms with Crippen molar-refractivity contribution in [3.05, 3.63) is 29.3 Å². The van der Waals surface area contributed by atoms with Gasteiger partial charge >= 0.3 is 0 Å². The predicted molar refractivity (Wildman–Crippen MR) is 72.9 cm³/mol. The molecule has 1 aromatic rings. The molecule has 1 atom stereocenters. The van der Waals surface area contributed by atoms with Crippen LogP contribution in [0.25, 0.3) is 0 Å². The van der Waals surface area contributed by atoms with E-state index in [0.717, 1.165) is 24.9 Å². The minimum atomic E-state index is 0.199. The Morgan fingerprint density at radius 3 is 2.82 bits per heavy atom. The Morgan fingerprint density at radius 2 is 2.18 bits per heavy atom. The van der Waals surface area contributed by atoms with Gasteiger partial charge in [-0.15, -0.1) is 11.8 Å². The number of carbonyl (C=O) groups excluding carboxylic acids is 1. The van der Waals surface area contributed by atoms with E-state index in [1.54, 1.807) is 11.8 Å². The molecule has 1 aliphatic rings. The predicted octanol–water partition coefficient (Wildman–Crippen LogP) is 2.72. The third-order valence-corrected chi connectivity index (χ3v) is 4.07. The molecule has 0 saturated heterocycles. The van der Waals surface area contributed by atoms with Crippen molar-refractivity contribution in [3.8, 4) is 0 Å². The van der Waals surface area contributed by atoms with Gasteiger partial charge in [-0.3, -0.25) is 4.79 Å². The van der Waals surface area contributed by atoms with Crippen molar-refractivity contribution in [3.63, 3.8) is 0 Å². The highest BCUT2D eigenvalue weighted by atomic mass is 32.2. The van der Waals surface area contributed by atoms with Crippen molar-refractivity contribution in [2.75, 3.05) is 26.9 Å². The van der Waals surface area contributed by atoms with Crippen molar-refractivity contribution < 1.29 is 4.79 Å². The molecule has 0 unspecified atom stereocenters. The molecule has 2 rings (SSSR count). The minimum Gasteiger partial charge on any atom is -0.309 e. The molecule has 0 aliphatic heterocycles. The van der Waals surface area contributed by atoms with Crippen LogP contribution in [0.15, 0.2) is 23.1 Å². The van der Waals surface area contributed by atoms with Gasteiger partial charge in [0.2, 0.25) is 0 Å². The second kappa shape index (κ2) is 5.23. The van der Waals surface area contributed by atoms with Crippen LogP contribution in [0.3, 0.4) is 0 Å². The van der Waals surface area contributed by atoms with E-state index in [1.165, 1.54) is 10.5 Å². The highest BCUT2D eigenvalue weighted by Crippen LogP contribution is 2.31. The molecule has 3 heteroatoms. The second-order valence-corrected chi connectivity index (χ2v) is 5.76. The molecule has 0 heterocycles. The summed E-state index contributed by atoms with van der Waals surface area (Å²) in [4.78, 5) is 15.6. The summed E-state index contributed by atoms with van der Waals surface area (Å²) in [6, 6.07) is 6.29. The summed E-state index contributed by atoms with van der Waals surface area (Å²) in [7, 11) is 4.11. The summed E-state index contributed by atoms with van der Waals surface area (Å²) in [5, 5.41) is 0. The number of fused-ring (bicyclic) bond motifs is 1. The smallest absolute Gasteiger partial charge is 0.166 e. The SMILES string of the molecule is CSc1ccc2c(c1)C(=O)[C@@H](CCN(C)C)C2. The quantitative estimate of drug-likeness (QED) is 0.765. The first-order valence-electron chi connectivity index (χ1n) is 5.97.